The smallest absolute Gasteiger partial charge is 0.287 e. The van der Waals surface area contributed by atoms with Gasteiger partial charge in [0, 0.05) is 28.9 Å². The molecular weight excluding hydrogens is 306 g/mol. The predicted molar refractivity (Wildman–Crippen MR) is 82.7 cm³/mol. The number of nitriles is 1. The number of aliphatic hydroxyl groups excluding tert-OH is 1. The summed E-state index contributed by atoms with van der Waals surface area (Å²) in [7, 11) is 0. The fourth-order valence-corrected chi connectivity index (χ4v) is 2.23. The number of hydrogen-bond acceptors (Lipinski definition) is 5. The van der Waals surface area contributed by atoms with Crippen molar-refractivity contribution in [2.75, 3.05) is 11.9 Å². The largest absolute Gasteiger partial charge is 0.387 e. The molecule has 0 radical (unpaired) electrons. The molecule has 0 saturated carbocycles. The average molecular weight is 318 g/mol. The van der Waals surface area contributed by atoms with Crippen molar-refractivity contribution in [1.82, 2.24) is 0 Å². The molecule has 0 aliphatic carbocycles. The van der Waals surface area contributed by atoms with Crippen molar-refractivity contribution >= 4 is 23.0 Å². The number of anilines is 1. The first-order chi connectivity index (χ1) is 10.5. The molecule has 6 nitrogen and oxygen atoms in total. The van der Waals surface area contributed by atoms with Crippen LogP contribution in [0.1, 0.15) is 17.2 Å². The number of nitro groups is 1. The van der Waals surface area contributed by atoms with Gasteiger partial charge in [0.15, 0.2) is 0 Å². The molecule has 2 aromatic rings. The van der Waals surface area contributed by atoms with E-state index in [4.69, 9.17) is 16.9 Å². The van der Waals surface area contributed by atoms with E-state index in [2.05, 4.69) is 5.32 Å². The van der Waals surface area contributed by atoms with Gasteiger partial charge in [0.1, 0.15) is 11.6 Å². The molecule has 0 fully saturated rings. The van der Waals surface area contributed by atoms with Gasteiger partial charge in [-0.05, 0) is 18.2 Å². The third-order valence-corrected chi connectivity index (χ3v) is 3.42. The number of nitrogens with zero attached hydrogens (tertiary/aromatic N) is 2. The molecule has 112 valence electrons. The van der Waals surface area contributed by atoms with E-state index >= 15 is 0 Å². The highest BCUT2D eigenvalue weighted by atomic mass is 35.5. The molecule has 0 amide bonds. The average Bonchev–Trinajstić information content (AvgIpc) is 2.52. The zero-order chi connectivity index (χ0) is 16.1. The Kier molecular flexibility index (Phi) is 4.94. The Balaban J connectivity index is 2.11. The molecule has 2 aromatic carbocycles. The van der Waals surface area contributed by atoms with Gasteiger partial charge in [-0.1, -0.05) is 29.8 Å². The standard InChI is InChI=1S/C15H12ClN3O3/c16-13-4-2-1-3-12(13)15(20)9-18-11-5-6-14(19(21)22)10(7-11)8-17/h1-7,15,18,20H,9H2/t15-/m0/s1. The summed E-state index contributed by atoms with van der Waals surface area (Å²) in [6.45, 7) is 0.159. The van der Waals surface area contributed by atoms with E-state index in [1.165, 1.54) is 18.2 Å². The molecule has 1 atom stereocenters. The highest BCUT2D eigenvalue weighted by Crippen LogP contribution is 2.25. The van der Waals surface area contributed by atoms with Crippen LogP contribution in [0.15, 0.2) is 42.5 Å². The number of hydrogen-bond donors (Lipinski definition) is 2. The lowest BCUT2D eigenvalue weighted by atomic mass is 10.1. The van der Waals surface area contributed by atoms with Crippen molar-refractivity contribution in [3.05, 3.63) is 68.7 Å². The lowest BCUT2D eigenvalue weighted by Crippen LogP contribution is -2.12. The van der Waals surface area contributed by atoms with Gasteiger partial charge in [-0.15, -0.1) is 0 Å². The first kappa shape index (κ1) is 15.8. The summed E-state index contributed by atoms with van der Waals surface area (Å²) in [5, 5.41) is 33.2. The van der Waals surface area contributed by atoms with Crippen LogP contribution in [0.2, 0.25) is 5.02 Å². The van der Waals surface area contributed by atoms with Crippen molar-refractivity contribution in [3.63, 3.8) is 0 Å². The molecule has 22 heavy (non-hydrogen) atoms. The number of nitrogens with one attached hydrogen (secondary N) is 1. The van der Waals surface area contributed by atoms with Crippen LogP contribution in [0.25, 0.3) is 0 Å². The Morgan fingerprint density at radius 2 is 2.09 bits per heavy atom. The molecule has 2 N–H and O–H groups in total. The van der Waals surface area contributed by atoms with Crippen LogP contribution in [0, 0.1) is 21.4 Å². The molecule has 0 bridgehead atoms. The minimum Gasteiger partial charge on any atom is -0.387 e. The van der Waals surface area contributed by atoms with E-state index in [1.807, 2.05) is 0 Å². The van der Waals surface area contributed by atoms with Gasteiger partial charge in [-0.2, -0.15) is 5.26 Å². The topological polar surface area (TPSA) is 99.2 Å². The Hall–Kier alpha value is -2.62. The van der Waals surface area contributed by atoms with Crippen LogP contribution in [0.5, 0.6) is 0 Å². The normalized spacial score (nSPS) is 11.5. The van der Waals surface area contributed by atoms with Crippen LogP contribution in [-0.2, 0) is 0 Å². The highest BCUT2D eigenvalue weighted by Gasteiger charge is 2.15. The lowest BCUT2D eigenvalue weighted by molar-refractivity contribution is -0.385. The molecule has 0 aliphatic rings. The summed E-state index contributed by atoms with van der Waals surface area (Å²) >= 11 is 6.00. The molecule has 0 saturated heterocycles. The van der Waals surface area contributed by atoms with Crippen molar-refractivity contribution in [2.24, 2.45) is 0 Å². The van der Waals surface area contributed by atoms with Gasteiger partial charge < -0.3 is 10.4 Å². The summed E-state index contributed by atoms with van der Waals surface area (Å²) in [4.78, 5) is 10.1. The van der Waals surface area contributed by atoms with Crippen molar-refractivity contribution < 1.29 is 10.0 Å². The number of halogens is 1. The monoisotopic (exact) mass is 317 g/mol. The van der Waals surface area contributed by atoms with Crippen LogP contribution in [0.3, 0.4) is 0 Å². The van der Waals surface area contributed by atoms with Crippen molar-refractivity contribution in [2.45, 2.75) is 6.10 Å². The number of rotatable bonds is 5. The van der Waals surface area contributed by atoms with E-state index in [-0.39, 0.29) is 17.8 Å². The van der Waals surface area contributed by atoms with Gasteiger partial charge in [0.2, 0.25) is 0 Å². The first-order valence-electron chi connectivity index (χ1n) is 6.38. The molecule has 0 spiro atoms. The van der Waals surface area contributed by atoms with Gasteiger partial charge in [0.25, 0.3) is 5.69 Å². The molecule has 7 heteroatoms. The van der Waals surface area contributed by atoms with Crippen LogP contribution in [-0.4, -0.2) is 16.6 Å². The molecule has 0 aromatic heterocycles. The second-order valence-corrected chi connectivity index (χ2v) is 4.93. The number of aliphatic hydroxyl groups is 1. The minimum atomic E-state index is -0.838. The van der Waals surface area contributed by atoms with Crippen LogP contribution < -0.4 is 5.32 Å². The van der Waals surface area contributed by atoms with E-state index in [0.29, 0.717) is 16.3 Å². The molecule has 0 aliphatic heterocycles. The fraction of sp³-hybridized carbons (Fsp3) is 0.133. The maximum Gasteiger partial charge on any atom is 0.287 e. The summed E-state index contributed by atoms with van der Waals surface area (Å²) in [5.41, 5.74) is 0.800. The minimum absolute atomic E-state index is 0.0396. The van der Waals surface area contributed by atoms with Gasteiger partial charge in [-0.3, -0.25) is 10.1 Å². The predicted octanol–water partition coefficient (Wildman–Crippen LogP) is 3.27. The fourth-order valence-electron chi connectivity index (χ4n) is 1.96. The van der Waals surface area contributed by atoms with Crippen LogP contribution >= 0.6 is 11.6 Å². The summed E-state index contributed by atoms with van der Waals surface area (Å²) < 4.78 is 0. The number of nitro benzene ring substituents is 1. The van der Waals surface area contributed by atoms with E-state index in [9.17, 15) is 15.2 Å². The Labute approximate surface area is 131 Å². The van der Waals surface area contributed by atoms with Gasteiger partial charge in [-0.25, -0.2) is 0 Å². The Morgan fingerprint density at radius 1 is 1.36 bits per heavy atom. The Bertz CT molecular complexity index is 743. The molecular formula is C15H12ClN3O3. The second kappa shape index (κ2) is 6.89. The van der Waals surface area contributed by atoms with Crippen molar-refractivity contribution in [3.8, 4) is 6.07 Å². The summed E-state index contributed by atoms with van der Waals surface area (Å²) in [6, 6.07) is 12.8. The molecule has 0 heterocycles. The third-order valence-electron chi connectivity index (χ3n) is 3.08. The van der Waals surface area contributed by atoms with E-state index in [1.54, 1.807) is 30.3 Å². The van der Waals surface area contributed by atoms with E-state index < -0.39 is 11.0 Å². The molecule has 0 unspecified atom stereocenters. The van der Waals surface area contributed by atoms with Gasteiger partial charge in [0.05, 0.1) is 11.0 Å². The third kappa shape index (κ3) is 3.52. The van der Waals surface area contributed by atoms with Gasteiger partial charge >= 0.3 is 0 Å². The molecule has 2 rings (SSSR count). The van der Waals surface area contributed by atoms with Crippen molar-refractivity contribution in [1.29, 1.82) is 5.26 Å². The summed E-state index contributed by atoms with van der Waals surface area (Å²) in [6.07, 6.45) is -0.838. The highest BCUT2D eigenvalue weighted by molar-refractivity contribution is 6.31. The zero-order valence-corrected chi connectivity index (χ0v) is 12.1. The van der Waals surface area contributed by atoms with E-state index in [0.717, 1.165) is 0 Å². The maximum absolute atomic E-state index is 10.8. The second-order valence-electron chi connectivity index (χ2n) is 4.52. The summed E-state index contributed by atoms with van der Waals surface area (Å²) in [5.74, 6) is 0. The maximum atomic E-state index is 10.8. The quantitative estimate of drug-likeness (QED) is 0.651. The SMILES string of the molecule is N#Cc1cc(NC[C@H](O)c2ccccc2Cl)ccc1[N+](=O)[O-]. The lowest BCUT2D eigenvalue weighted by Gasteiger charge is -2.14. The number of benzene rings is 2. The van der Waals surface area contributed by atoms with Crippen LogP contribution in [0.4, 0.5) is 11.4 Å². The first-order valence-corrected chi connectivity index (χ1v) is 6.75. The zero-order valence-electron chi connectivity index (χ0n) is 11.4. The Morgan fingerprint density at radius 3 is 2.73 bits per heavy atom.